The Morgan fingerprint density at radius 2 is 1.80 bits per heavy atom. The topological polar surface area (TPSA) is 77.8 Å². The Bertz CT molecular complexity index is 369. The molecule has 0 radical (unpaired) electrons. The Labute approximate surface area is 95.7 Å². The van der Waals surface area contributed by atoms with Gasteiger partial charge in [-0.25, -0.2) is 4.79 Å². The van der Waals surface area contributed by atoms with Crippen LogP contribution in [0.25, 0.3) is 0 Å². The van der Waals surface area contributed by atoms with Crippen molar-refractivity contribution in [3.63, 3.8) is 0 Å². The summed E-state index contributed by atoms with van der Waals surface area (Å²) < 4.78 is 0. The number of hydrogen-bond donors (Lipinski definition) is 3. The summed E-state index contributed by atoms with van der Waals surface area (Å²) in [5, 5.41) is 26.8. The van der Waals surface area contributed by atoms with E-state index in [-0.39, 0.29) is 22.2 Å². The maximum Gasteiger partial charge on any atom is 0.332 e. The number of carboxylic acids is 1. The number of aliphatic hydroxyl groups excluding tert-OH is 1. The van der Waals surface area contributed by atoms with E-state index in [4.69, 9.17) is 33.4 Å². The van der Waals surface area contributed by atoms with E-state index in [2.05, 4.69) is 0 Å². The highest BCUT2D eigenvalue weighted by Crippen LogP contribution is 2.32. The molecule has 0 aliphatic heterocycles. The van der Waals surface area contributed by atoms with Crippen molar-refractivity contribution in [2.75, 3.05) is 0 Å². The molecule has 0 aromatic heterocycles. The second-order valence-corrected chi connectivity index (χ2v) is 3.78. The fourth-order valence-electron chi connectivity index (χ4n) is 1.05. The molecular formula is C9H8Cl2O4. The lowest BCUT2D eigenvalue weighted by atomic mass is 10.1. The maximum atomic E-state index is 10.4. The standard InChI is InChI=1S/C9H8Cl2O4/c10-5-1-4(2-6(11)8(5)13)3-7(12)9(14)15/h1-2,7,12-13H,3H2,(H,14,15)/t7-/m1/s1. The first-order valence-corrected chi connectivity index (χ1v) is 4.75. The van der Waals surface area contributed by atoms with E-state index in [9.17, 15) is 9.90 Å². The van der Waals surface area contributed by atoms with Crippen molar-refractivity contribution in [2.24, 2.45) is 0 Å². The van der Waals surface area contributed by atoms with Gasteiger partial charge in [0.25, 0.3) is 0 Å². The fraction of sp³-hybridized carbons (Fsp3) is 0.222. The average molecular weight is 251 g/mol. The van der Waals surface area contributed by atoms with E-state index in [0.29, 0.717) is 5.56 Å². The predicted octanol–water partition coefficient (Wildman–Crippen LogP) is 1.69. The molecule has 6 heteroatoms. The molecule has 0 heterocycles. The second-order valence-electron chi connectivity index (χ2n) is 2.97. The summed E-state index contributed by atoms with van der Waals surface area (Å²) in [4.78, 5) is 10.4. The van der Waals surface area contributed by atoms with Crippen LogP contribution in [0.15, 0.2) is 12.1 Å². The number of rotatable bonds is 3. The summed E-state index contributed by atoms with van der Waals surface area (Å²) in [6.07, 6.45) is -1.63. The van der Waals surface area contributed by atoms with Gasteiger partial charge >= 0.3 is 5.97 Å². The molecule has 1 aromatic rings. The number of aromatic hydroxyl groups is 1. The molecule has 3 N–H and O–H groups in total. The van der Waals surface area contributed by atoms with Crippen LogP contribution < -0.4 is 0 Å². The molecule has 0 aliphatic carbocycles. The van der Waals surface area contributed by atoms with Gasteiger partial charge in [-0.15, -0.1) is 0 Å². The quantitative estimate of drug-likeness (QED) is 0.763. The molecule has 0 aliphatic rings. The predicted molar refractivity (Wildman–Crippen MR) is 55.5 cm³/mol. The van der Waals surface area contributed by atoms with Gasteiger partial charge in [-0.2, -0.15) is 0 Å². The van der Waals surface area contributed by atoms with Crippen molar-refractivity contribution in [3.05, 3.63) is 27.7 Å². The number of phenolic OH excluding ortho intramolecular Hbond substituents is 1. The number of halogens is 2. The number of aliphatic carboxylic acids is 1. The van der Waals surface area contributed by atoms with Crippen LogP contribution in [0.5, 0.6) is 5.75 Å². The van der Waals surface area contributed by atoms with E-state index in [0.717, 1.165) is 0 Å². The lowest BCUT2D eigenvalue weighted by Crippen LogP contribution is -2.21. The van der Waals surface area contributed by atoms with Gasteiger partial charge in [0.05, 0.1) is 10.0 Å². The molecule has 82 valence electrons. The summed E-state index contributed by atoms with van der Waals surface area (Å²) in [6, 6.07) is 2.71. The maximum absolute atomic E-state index is 10.4. The SMILES string of the molecule is O=C(O)[C@H](O)Cc1cc(Cl)c(O)c(Cl)c1. The van der Waals surface area contributed by atoms with Crippen molar-refractivity contribution in [2.45, 2.75) is 12.5 Å². The van der Waals surface area contributed by atoms with Gasteiger partial charge in [0.2, 0.25) is 0 Å². The molecule has 0 amide bonds. The Morgan fingerprint density at radius 3 is 2.20 bits per heavy atom. The summed E-state index contributed by atoms with van der Waals surface area (Å²) >= 11 is 11.2. The molecule has 1 aromatic carbocycles. The van der Waals surface area contributed by atoms with E-state index in [1.165, 1.54) is 12.1 Å². The Morgan fingerprint density at radius 1 is 1.33 bits per heavy atom. The second kappa shape index (κ2) is 4.70. The molecule has 0 spiro atoms. The van der Waals surface area contributed by atoms with Crippen molar-refractivity contribution in [1.29, 1.82) is 0 Å². The third kappa shape index (κ3) is 2.99. The molecule has 15 heavy (non-hydrogen) atoms. The zero-order valence-electron chi connectivity index (χ0n) is 7.44. The van der Waals surface area contributed by atoms with Gasteiger partial charge in [-0.1, -0.05) is 23.2 Å². The van der Waals surface area contributed by atoms with Gasteiger partial charge in [-0.05, 0) is 17.7 Å². The lowest BCUT2D eigenvalue weighted by molar-refractivity contribution is -0.146. The normalized spacial score (nSPS) is 12.5. The summed E-state index contributed by atoms with van der Waals surface area (Å²) in [7, 11) is 0. The van der Waals surface area contributed by atoms with E-state index in [1.54, 1.807) is 0 Å². The molecule has 0 unspecified atom stereocenters. The number of benzene rings is 1. The van der Waals surface area contributed by atoms with Crippen LogP contribution in [0.2, 0.25) is 10.0 Å². The largest absolute Gasteiger partial charge is 0.505 e. The van der Waals surface area contributed by atoms with Gasteiger partial charge in [-0.3, -0.25) is 0 Å². The summed E-state index contributed by atoms with van der Waals surface area (Å²) in [5.74, 6) is -1.58. The van der Waals surface area contributed by atoms with E-state index < -0.39 is 12.1 Å². The minimum Gasteiger partial charge on any atom is -0.505 e. The lowest BCUT2D eigenvalue weighted by Gasteiger charge is -2.07. The van der Waals surface area contributed by atoms with Crippen molar-refractivity contribution >= 4 is 29.2 Å². The van der Waals surface area contributed by atoms with Crippen LogP contribution in [0.1, 0.15) is 5.56 Å². The molecule has 0 saturated heterocycles. The highest BCUT2D eigenvalue weighted by Gasteiger charge is 2.15. The summed E-state index contributed by atoms with van der Waals surface area (Å²) in [6.45, 7) is 0. The monoisotopic (exact) mass is 250 g/mol. The number of phenols is 1. The smallest absolute Gasteiger partial charge is 0.332 e. The van der Waals surface area contributed by atoms with Crippen molar-refractivity contribution in [3.8, 4) is 5.75 Å². The highest BCUT2D eigenvalue weighted by atomic mass is 35.5. The Kier molecular flexibility index (Phi) is 3.79. The first-order chi connectivity index (χ1) is 6.91. The van der Waals surface area contributed by atoms with Crippen LogP contribution >= 0.6 is 23.2 Å². The third-order valence-corrected chi connectivity index (χ3v) is 2.37. The van der Waals surface area contributed by atoms with Gasteiger partial charge < -0.3 is 15.3 Å². The third-order valence-electron chi connectivity index (χ3n) is 1.79. The molecule has 0 fully saturated rings. The summed E-state index contributed by atoms with van der Waals surface area (Å²) in [5.41, 5.74) is 0.442. The van der Waals surface area contributed by atoms with Gasteiger partial charge in [0, 0.05) is 6.42 Å². The van der Waals surface area contributed by atoms with Gasteiger partial charge in [0.15, 0.2) is 11.9 Å². The van der Waals surface area contributed by atoms with E-state index >= 15 is 0 Å². The first kappa shape index (κ1) is 12.1. The zero-order chi connectivity index (χ0) is 11.6. The first-order valence-electron chi connectivity index (χ1n) is 3.99. The average Bonchev–Trinajstić information content (AvgIpc) is 2.13. The molecule has 4 nitrogen and oxygen atoms in total. The number of hydrogen-bond acceptors (Lipinski definition) is 3. The highest BCUT2D eigenvalue weighted by molar-refractivity contribution is 6.37. The van der Waals surface area contributed by atoms with Gasteiger partial charge in [0.1, 0.15) is 0 Å². The van der Waals surface area contributed by atoms with Crippen LogP contribution in [-0.2, 0) is 11.2 Å². The minimum atomic E-state index is -1.51. The van der Waals surface area contributed by atoms with Crippen LogP contribution in [0.4, 0.5) is 0 Å². The van der Waals surface area contributed by atoms with Crippen molar-refractivity contribution < 1.29 is 20.1 Å². The fourth-order valence-corrected chi connectivity index (χ4v) is 1.58. The molecular weight excluding hydrogens is 243 g/mol. The zero-order valence-corrected chi connectivity index (χ0v) is 8.96. The van der Waals surface area contributed by atoms with Crippen molar-refractivity contribution in [1.82, 2.24) is 0 Å². The minimum absolute atomic E-state index is 0.0232. The molecule has 1 rings (SSSR count). The van der Waals surface area contributed by atoms with Crippen LogP contribution in [-0.4, -0.2) is 27.4 Å². The Balaban J connectivity index is 2.92. The number of carbonyl (C=O) groups is 1. The Hall–Kier alpha value is -0.970. The van der Waals surface area contributed by atoms with E-state index in [1.807, 2.05) is 0 Å². The number of aliphatic hydroxyl groups is 1. The molecule has 0 saturated carbocycles. The molecule has 0 bridgehead atoms. The number of carboxylic acid groups (broad SMARTS) is 1. The van der Waals surface area contributed by atoms with Crippen LogP contribution in [0.3, 0.4) is 0 Å². The van der Waals surface area contributed by atoms with Crippen LogP contribution in [0, 0.1) is 0 Å². The molecule has 1 atom stereocenters.